The van der Waals surface area contributed by atoms with Crippen LogP contribution < -0.4 is 4.74 Å². The van der Waals surface area contributed by atoms with E-state index in [2.05, 4.69) is 5.16 Å². The molecule has 104 valence electrons. The van der Waals surface area contributed by atoms with Gasteiger partial charge in [0, 0.05) is 13.1 Å². The average molecular weight is 272 g/mol. The van der Waals surface area contributed by atoms with Gasteiger partial charge < -0.3 is 14.2 Å². The summed E-state index contributed by atoms with van der Waals surface area (Å²) in [7, 11) is 1.77. The Kier molecular flexibility index (Phi) is 3.41. The largest absolute Gasteiger partial charge is 0.492 e. The molecule has 0 N–H and O–H groups in total. The van der Waals surface area contributed by atoms with Crippen LogP contribution in [0.25, 0.3) is 0 Å². The summed E-state index contributed by atoms with van der Waals surface area (Å²) in [6.45, 7) is 0.855. The second-order valence-electron chi connectivity index (χ2n) is 4.99. The molecule has 1 unspecified atom stereocenters. The van der Waals surface area contributed by atoms with E-state index in [4.69, 9.17) is 9.26 Å². The molecule has 2 aromatic rings. The Hall–Kier alpha value is -2.30. The normalized spacial score (nSPS) is 17.1. The molecular formula is C15H16N2O3. The molecule has 1 aliphatic heterocycles. The third-order valence-corrected chi connectivity index (χ3v) is 3.49. The number of hydrogen-bond donors (Lipinski definition) is 0. The van der Waals surface area contributed by atoms with E-state index in [-0.39, 0.29) is 11.8 Å². The predicted octanol–water partition coefficient (Wildman–Crippen LogP) is 1.88. The van der Waals surface area contributed by atoms with Gasteiger partial charge in [0.15, 0.2) is 5.76 Å². The van der Waals surface area contributed by atoms with Crippen molar-refractivity contribution < 1.29 is 14.1 Å². The van der Waals surface area contributed by atoms with Crippen molar-refractivity contribution in [1.29, 1.82) is 0 Å². The van der Waals surface area contributed by atoms with Gasteiger partial charge in [0.1, 0.15) is 12.4 Å². The molecule has 3 rings (SSSR count). The lowest BCUT2D eigenvalue weighted by Gasteiger charge is -2.27. The molecule has 0 fully saturated rings. The minimum Gasteiger partial charge on any atom is -0.492 e. The van der Waals surface area contributed by atoms with Crippen LogP contribution in [0.5, 0.6) is 5.75 Å². The van der Waals surface area contributed by atoms with Crippen molar-refractivity contribution in [1.82, 2.24) is 10.1 Å². The Morgan fingerprint density at radius 1 is 1.40 bits per heavy atom. The smallest absolute Gasteiger partial charge is 0.229 e. The topological polar surface area (TPSA) is 55.6 Å². The van der Waals surface area contributed by atoms with Gasteiger partial charge in [-0.1, -0.05) is 23.4 Å². The molecule has 1 aromatic carbocycles. The van der Waals surface area contributed by atoms with Gasteiger partial charge in [0.25, 0.3) is 0 Å². The molecule has 5 heteroatoms. The number of amides is 1. The highest BCUT2D eigenvalue weighted by molar-refractivity contribution is 5.79. The van der Waals surface area contributed by atoms with Gasteiger partial charge in [-0.3, -0.25) is 4.79 Å². The lowest BCUT2D eigenvalue weighted by Crippen LogP contribution is -2.38. The van der Waals surface area contributed by atoms with Crippen molar-refractivity contribution in [3.05, 3.63) is 47.9 Å². The van der Waals surface area contributed by atoms with Gasteiger partial charge in [-0.15, -0.1) is 0 Å². The first kappa shape index (κ1) is 12.7. The quantitative estimate of drug-likeness (QED) is 0.856. The summed E-state index contributed by atoms with van der Waals surface area (Å²) in [6.07, 6.45) is 2.30. The number of ether oxygens (including phenoxy) is 1. The van der Waals surface area contributed by atoms with E-state index >= 15 is 0 Å². The molecule has 5 nitrogen and oxygen atoms in total. The number of rotatable bonds is 3. The first-order valence-corrected chi connectivity index (χ1v) is 6.59. The zero-order chi connectivity index (χ0) is 13.9. The summed E-state index contributed by atoms with van der Waals surface area (Å²) in [6, 6.07) is 9.61. The number of nitrogens with zero attached hydrogens (tertiary/aromatic N) is 2. The maximum absolute atomic E-state index is 12.4. The van der Waals surface area contributed by atoms with Crippen molar-refractivity contribution in [2.24, 2.45) is 5.92 Å². The van der Waals surface area contributed by atoms with E-state index < -0.39 is 0 Å². The number of benzene rings is 1. The van der Waals surface area contributed by atoms with E-state index in [1.807, 2.05) is 24.3 Å². The molecule has 1 amide bonds. The number of carbonyl (C=O) groups is 1. The van der Waals surface area contributed by atoms with Crippen LogP contribution in [-0.2, 0) is 17.8 Å². The molecule has 1 aromatic heterocycles. The summed E-state index contributed by atoms with van der Waals surface area (Å²) in [4.78, 5) is 14.1. The summed E-state index contributed by atoms with van der Waals surface area (Å²) < 4.78 is 10.7. The fourth-order valence-electron chi connectivity index (χ4n) is 2.43. The van der Waals surface area contributed by atoms with Crippen LogP contribution in [0.3, 0.4) is 0 Å². The highest BCUT2D eigenvalue weighted by Crippen LogP contribution is 2.27. The van der Waals surface area contributed by atoms with Crippen molar-refractivity contribution in [3.8, 4) is 5.75 Å². The SMILES string of the molecule is CN(Cc1ccno1)C(=O)C1COc2ccccc2C1. The second kappa shape index (κ2) is 5.36. The van der Waals surface area contributed by atoms with E-state index in [0.717, 1.165) is 17.7 Å². The molecule has 0 aliphatic carbocycles. The van der Waals surface area contributed by atoms with Gasteiger partial charge in [-0.2, -0.15) is 0 Å². The third kappa shape index (κ3) is 2.52. The summed E-state index contributed by atoms with van der Waals surface area (Å²) in [5, 5.41) is 3.64. The highest BCUT2D eigenvalue weighted by atomic mass is 16.5. The number of hydrogen-bond acceptors (Lipinski definition) is 4. The molecule has 0 saturated heterocycles. The van der Waals surface area contributed by atoms with Crippen LogP contribution in [0, 0.1) is 5.92 Å². The van der Waals surface area contributed by atoms with Crippen LogP contribution in [0.2, 0.25) is 0 Å². The Balaban J connectivity index is 1.66. The van der Waals surface area contributed by atoms with Gasteiger partial charge in [0.05, 0.1) is 18.7 Å². The van der Waals surface area contributed by atoms with Crippen LogP contribution in [-0.4, -0.2) is 29.6 Å². The third-order valence-electron chi connectivity index (χ3n) is 3.49. The fraction of sp³-hybridized carbons (Fsp3) is 0.333. The standard InChI is InChI=1S/C15H16N2O3/c1-17(9-13-6-7-16-20-13)15(18)12-8-11-4-2-3-5-14(11)19-10-12/h2-7,12H,8-10H2,1H3. The summed E-state index contributed by atoms with van der Waals surface area (Å²) in [5.74, 6) is 1.49. The van der Waals surface area contributed by atoms with E-state index in [0.29, 0.717) is 18.9 Å². The Labute approximate surface area is 117 Å². The average Bonchev–Trinajstić information content (AvgIpc) is 2.99. The van der Waals surface area contributed by atoms with Crippen molar-refractivity contribution >= 4 is 5.91 Å². The monoisotopic (exact) mass is 272 g/mol. The lowest BCUT2D eigenvalue weighted by atomic mass is 9.95. The summed E-state index contributed by atoms with van der Waals surface area (Å²) >= 11 is 0. The van der Waals surface area contributed by atoms with Crippen LogP contribution >= 0.6 is 0 Å². The molecule has 0 saturated carbocycles. The minimum atomic E-state index is -0.141. The molecule has 2 heterocycles. The molecular weight excluding hydrogens is 256 g/mol. The predicted molar refractivity (Wildman–Crippen MR) is 72.1 cm³/mol. The molecule has 0 radical (unpaired) electrons. The van der Waals surface area contributed by atoms with Crippen LogP contribution in [0.1, 0.15) is 11.3 Å². The molecule has 0 spiro atoms. The maximum atomic E-state index is 12.4. The van der Waals surface area contributed by atoms with Gasteiger partial charge in [-0.25, -0.2) is 0 Å². The highest BCUT2D eigenvalue weighted by Gasteiger charge is 2.28. The summed E-state index contributed by atoms with van der Waals surface area (Å²) in [5.41, 5.74) is 1.09. The van der Waals surface area contributed by atoms with Crippen LogP contribution in [0.15, 0.2) is 41.1 Å². The molecule has 0 bridgehead atoms. The molecule has 20 heavy (non-hydrogen) atoms. The number of para-hydroxylation sites is 1. The Morgan fingerprint density at radius 2 is 2.25 bits per heavy atom. The zero-order valence-corrected chi connectivity index (χ0v) is 11.3. The van der Waals surface area contributed by atoms with E-state index in [9.17, 15) is 4.79 Å². The Bertz CT molecular complexity index is 595. The van der Waals surface area contributed by atoms with Crippen molar-refractivity contribution in [2.75, 3.05) is 13.7 Å². The van der Waals surface area contributed by atoms with Gasteiger partial charge >= 0.3 is 0 Å². The lowest BCUT2D eigenvalue weighted by molar-refractivity contribution is -0.136. The van der Waals surface area contributed by atoms with Crippen molar-refractivity contribution in [2.45, 2.75) is 13.0 Å². The first-order chi connectivity index (χ1) is 9.74. The van der Waals surface area contributed by atoms with Gasteiger partial charge in [-0.05, 0) is 18.1 Å². The van der Waals surface area contributed by atoms with Crippen LogP contribution in [0.4, 0.5) is 0 Å². The number of fused-ring (bicyclic) bond motifs is 1. The van der Waals surface area contributed by atoms with Gasteiger partial charge in [0.2, 0.25) is 5.91 Å². The second-order valence-corrected chi connectivity index (χ2v) is 4.99. The van der Waals surface area contributed by atoms with E-state index in [1.54, 1.807) is 24.2 Å². The zero-order valence-electron chi connectivity index (χ0n) is 11.3. The number of carbonyl (C=O) groups excluding carboxylic acids is 1. The van der Waals surface area contributed by atoms with Crippen molar-refractivity contribution in [3.63, 3.8) is 0 Å². The minimum absolute atomic E-state index is 0.0657. The molecule has 1 aliphatic rings. The first-order valence-electron chi connectivity index (χ1n) is 6.59. The maximum Gasteiger partial charge on any atom is 0.229 e. The van der Waals surface area contributed by atoms with E-state index in [1.165, 1.54) is 0 Å². The Morgan fingerprint density at radius 3 is 3.05 bits per heavy atom. The fourth-order valence-corrected chi connectivity index (χ4v) is 2.43. The molecule has 1 atom stereocenters. The number of aromatic nitrogens is 1.